The van der Waals surface area contributed by atoms with Crippen LogP contribution in [0.1, 0.15) is 26.7 Å². The lowest BCUT2D eigenvalue weighted by atomic mass is 10.1. The minimum Gasteiger partial charge on any atom is -0.393 e. The van der Waals surface area contributed by atoms with Gasteiger partial charge in [-0.05, 0) is 26.7 Å². The molecule has 0 aromatic rings. The van der Waals surface area contributed by atoms with Crippen LogP contribution in [-0.4, -0.2) is 49.1 Å². The van der Waals surface area contributed by atoms with Crippen LogP contribution in [0, 0.1) is 5.92 Å². The quantitative estimate of drug-likeness (QED) is 0.661. The largest absolute Gasteiger partial charge is 0.393 e. The molecular formula is C11H24N2O2. The lowest BCUT2D eigenvalue weighted by Crippen LogP contribution is -2.43. The molecule has 1 rings (SSSR count). The molecule has 2 N–H and O–H groups in total. The smallest absolute Gasteiger partial charge is 0.0559 e. The van der Waals surface area contributed by atoms with E-state index in [0.717, 1.165) is 19.4 Å². The summed E-state index contributed by atoms with van der Waals surface area (Å²) >= 11 is 0. The Kier molecular flexibility index (Phi) is 4.99. The van der Waals surface area contributed by atoms with Crippen LogP contribution in [0.15, 0.2) is 0 Å². The highest BCUT2D eigenvalue weighted by molar-refractivity contribution is 4.87. The molecule has 4 heteroatoms. The number of rotatable bonds is 5. The third kappa shape index (κ3) is 4.47. The molecule has 0 aromatic heterocycles. The highest BCUT2D eigenvalue weighted by Gasteiger charge is 2.33. The van der Waals surface area contributed by atoms with E-state index in [-0.39, 0.29) is 12.2 Å². The molecule has 1 fully saturated rings. The van der Waals surface area contributed by atoms with Gasteiger partial charge in [0, 0.05) is 26.1 Å². The van der Waals surface area contributed by atoms with Gasteiger partial charge in [-0.15, -0.1) is 0 Å². The predicted octanol–water partition coefficient (Wildman–Crippen LogP) is 0.617. The zero-order chi connectivity index (χ0) is 11.4. The van der Waals surface area contributed by atoms with E-state index in [2.05, 4.69) is 5.43 Å². The van der Waals surface area contributed by atoms with E-state index in [0.29, 0.717) is 12.0 Å². The summed E-state index contributed by atoms with van der Waals surface area (Å²) in [6, 6.07) is 0.341. The fraction of sp³-hybridized carbons (Fsp3) is 1.00. The number of hydrazine groups is 1. The number of hydrogen-bond acceptors (Lipinski definition) is 4. The number of nitrogens with one attached hydrogen (secondary N) is 1. The van der Waals surface area contributed by atoms with Crippen LogP contribution in [0.25, 0.3) is 0 Å². The van der Waals surface area contributed by atoms with Crippen molar-refractivity contribution in [2.24, 2.45) is 5.92 Å². The molecule has 0 radical (unpaired) electrons. The molecule has 0 spiro atoms. The number of aliphatic hydroxyl groups is 1. The van der Waals surface area contributed by atoms with Gasteiger partial charge in [0.2, 0.25) is 0 Å². The summed E-state index contributed by atoms with van der Waals surface area (Å²) in [5.41, 5.74) is 3.34. The van der Waals surface area contributed by atoms with E-state index >= 15 is 0 Å². The molecule has 0 heterocycles. The first-order valence-corrected chi connectivity index (χ1v) is 5.72. The number of aliphatic hydroxyl groups excluding tert-OH is 1. The summed E-state index contributed by atoms with van der Waals surface area (Å²) in [7, 11) is 3.95. The number of ether oxygens (including phenoxy) is 1. The number of hydrogen-bond donors (Lipinski definition) is 2. The van der Waals surface area contributed by atoms with E-state index in [1.54, 1.807) is 0 Å². The van der Waals surface area contributed by atoms with E-state index in [1.165, 1.54) is 0 Å². The first-order chi connectivity index (χ1) is 6.99. The second kappa shape index (κ2) is 5.80. The lowest BCUT2D eigenvalue weighted by molar-refractivity contribution is 0.0372. The van der Waals surface area contributed by atoms with E-state index in [4.69, 9.17) is 4.74 Å². The minimum atomic E-state index is -0.178. The van der Waals surface area contributed by atoms with Crippen molar-refractivity contribution in [2.75, 3.05) is 20.7 Å². The lowest BCUT2D eigenvalue weighted by Gasteiger charge is -2.25. The maximum Gasteiger partial charge on any atom is 0.0559 e. The Morgan fingerprint density at radius 3 is 2.60 bits per heavy atom. The van der Waals surface area contributed by atoms with Gasteiger partial charge in [0.05, 0.1) is 18.8 Å². The third-order valence-electron chi connectivity index (χ3n) is 2.74. The van der Waals surface area contributed by atoms with Crippen LogP contribution in [0.2, 0.25) is 0 Å². The van der Waals surface area contributed by atoms with Gasteiger partial charge in [-0.25, -0.2) is 0 Å². The fourth-order valence-corrected chi connectivity index (χ4v) is 2.09. The molecule has 1 aliphatic carbocycles. The van der Waals surface area contributed by atoms with Gasteiger partial charge < -0.3 is 9.84 Å². The van der Waals surface area contributed by atoms with Crippen LogP contribution >= 0.6 is 0 Å². The Balaban J connectivity index is 2.38. The molecule has 3 unspecified atom stereocenters. The van der Waals surface area contributed by atoms with E-state index in [1.807, 2.05) is 33.0 Å². The van der Waals surface area contributed by atoms with Crippen LogP contribution < -0.4 is 5.43 Å². The predicted molar refractivity (Wildman–Crippen MR) is 60.4 cm³/mol. The van der Waals surface area contributed by atoms with Gasteiger partial charge in [-0.3, -0.25) is 10.4 Å². The molecule has 3 atom stereocenters. The van der Waals surface area contributed by atoms with Crippen molar-refractivity contribution in [1.29, 1.82) is 0 Å². The summed E-state index contributed by atoms with van der Waals surface area (Å²) in [5.74, 6) is 0.421. The highest BCUT2D eigenvalue weighted by atomic mass is 16.5. The van der Waals surface area contributed by atoms with E-state index < -0.39 is 0 Å². The van der Waals surface area contributed by atoms with Crippen LogP contribution in [0.3, 0.4) is 0 Å². The van der Waals surface area contributed by atoms with Crippen molar-refractivity contribution in [1.82, 2.24) is 10.4 Å². The molecule has 0 amide bonds. The molecule has 0 aromatic carbocycles. The van der Waals surface area contributed by atoms with Crippen molar-refractivity contribution in [3.8, 4) is 0 Å². The highest BCUT2D eigenvalue weighted by Crippen LogP contribution is 2.26. The molecule has 15 heavy (non-hydrogen) atoms. The first kappa shape index (κ1) is 12.9. The SMILES string of the molecule is CC(C)OCC1CC(O)CC1NN(C)C. The number of nitrogens with zero attached hydrogens (tertiary/aromatic N) is 1. The molecule has 0 saturated heterocycles. The van der Waals surface area contributed by atoms with Gasteiger partial charge >= 0.3 is 0 Å². The Morgan fingerprint density at radius 1 is 1.40 bits per heavy atom. The third-order valence-corrected chi connectivity index (χ3v) is 2.74. The Labute approximate surface area is 92.6 Å². The second-order valence-electron chi connectivity index (χ2n) is 4.90. The van der Waals surface area contributed by atoms with Crippen molar-refractivity contribution in [3.63, 3.8) is 0 Å². The fourth-order valence-electron chi connectivity index (χ4n) is 2.09. The summed E-state index contributed by atoms with van der Waals surface area (Å²) in [4.78, 5) is 0. The van der Waals surface area contributed by atoms with E-state index in [9.17, 15) is 5.11 Å². The zero-order valence-corrected chi connectivity index (χ0v) is 10.2. The molecular weight excluding hydrogens is 192 g/mol. The normalized spacial score (nSPS) is 31.8. The maximum absolute atomic E-state index is 9.63. The molecule has 0 bridgehead atoms. The van der Waals surface area contributed by atoms with Crippen molar-refractivity contribution >= 4 is 0 Å². The monoisotopic (exact) mass is 216 g/mol. The van der Waals surface area contributed by atoms with Gasteiger partial charge in [0.25, 0.3) is 0 Å². The molecule has 4 nitrogen and oxygen atoms in total. The van der Waals surface area contributed by atoms with Gasteiger partial charge in [0.1, 0.15) is 0 Å². The van der Waals surface area contributed by atoms with Crippen LogP contribution in [0.4, 0.5) is 0 Å². The Bertz CT molecular complexity index is 185. The second-order valence-corrected chi connectivity index (χ2v) is 4.90. The summed E-state index contributed by atoms with van der Waals surface area (Å²) in [5, 5.41) is 11.6. The van der Waals surface area contributed by atoms with Gasteiger partial charge in [-0.1, -0.05) is 0 Å². The maximum atomic E-state index is 9.63. The summed E-state index contributed by atoms with van der Waals surface area (Å²) < 4.78 is 5.62. The van der Waals surface area contributed by atoms with Gasteiger partial charge in [0.15, 0.2) is 0 Å². The van der Waals surface area contributed by atoms with Crippen molar-refractivity contribution in [3.05, 3.63) is 0 Å². The molecule has 0 aliphatic heterocycles. The standard InChI is InChI=1S/C11H24N2O2/c1-8(2)15-7-9-5-10(14)6-11(9)12-13(3)4/h8-12,14H,5-7H2,1-4H3. The molecule has 1 saturated carbocycles. The minimum absolute atomic E-state index is 0.178. The summed E-state index contributed by atoms with van der Waals surface area (Å²) in [6.07, 6.45) is 1.76. The average Bonchev–Trinajstić information content (AvgIpc) is 2.41. The van der Waals surface area contributed by atoms with Crippen LogP contribution in [-0.2, 0) is 4.74 Å². The first-order valence-electron chi connectivity index (χ1n) is 5.72. The van der Waals surface area contributed by atoms with Crippen molar-refractivity contribution < 1.29 is 9.84 Å². The van der Waals surface area contributed by atoms with Crippen molar-refractivity contribution in [2.45, 2.75) is 44.9 Å². The van der Waals surface area contributed by atoms with Gasteiger partial charge in [-0.2, -0.15) is 0 Å². The molecule has 90 valence electrons. The Hall–Kier alpha value is -0.160. The topological polar surface area (TPSA) is 44.7 Å². The van der Waals surface area contributed by atoms with Crippen LogP contribution in [0.5, 0.6) is 0 Å². The molecule has 1 aliphatic rings. The summed E-state index contributed by atoms with van der Waals surface area (Å²) in [6.45, 7) is 4.82. The zero-order valence-electron chi connectivity index (χ0n) is 10.2. The Morgan fingerprint density at radius 2 is 2.07 bits per heavy atom. The average molecular weight is 216 g/mol.